The van der Waals surface area contributed by atoms with Crippen molar-refractivity contribution in [2.45, 2.75) is 32.5 Å². The van der Waals surface area contributed by atoms with Gasteiger partial charge in [0.15, 0.2) is 11.5 Å². The molecule has 0 unspecified atom stereocenters. The summed E-state index contributed by atoms with van der Waals surface area (Å²) in [4.78, 5) is 13.1. The van der Waals surface area contributed by atoms with E-state index in [9.17, 15) is 9.90 Å². The van der Waals surface area contributed by atoms with Crippen molar-refractivity contribution >= 4 is 5.97 Å². The van der Waals surface area contributed by atoms with E-state index in [2.05, 4.69) is 0 Å². The molecule has 7 nitrogen and oxygen atoms in total. The molecule has 26 heavy (non-hydrogen) atoms. The number of hydrogen-bond donors (Lipinski definition) is 2. The predicted molar refractivity (Wildman–Crippen MR) is 93.1 cm³/mol. The van der Waals surface area contributed by atoms with E-state index in [0.717, 1.165) is 43.0 Å². The van der Waals surface area contributed by atoms with E-state index >= 15 is 0 Å². The van der Waals surface area contributed by atoms with Gasteiger partial charge >= 0.3 is 5.97 Å². The van der Waals surface area contributed by atoms with Crippen LogP contribution in [0.25, 0.3) is 0 Å². The van der Waals surface area contributed by atoms with Crippen LogP contribution in [0.15, 0.2) is 18.2 Å². The molecule has 0 spiro atoms. The van der Waals surface area contributed by atoms with Gasteiger partial charge in [-0.3, -0.25) is 4.79 Å². The molecule has 2 heterocycles. The van der Waals surface area contributed by atoms with Crippen LogP contribution >= 0.6 is 0 Å². The highest BCUT2D eigenvalue weighted by Gasteiger charge is 2.29. The van der Waals surface area contributed by atoms with E-state index in [1.807, 2.05) is 25.1 Å². The molecule has 2 aliphatic rings. The number of rotatable bonds is 8. The van der Waals surface area contributed by atoms with Crippen molar-refractivity contribution in [3.8, 4) is 11.5 Å². The number of aliphatic hydroxyl groups is 1. The van der Waals surface area contributed by atoms with Gasteiger partial charge in [0.25, 0.3) is 0 Å². The van der Waals surface area contributed by atoms with Crippen LogP contribution in [0.1, 0.15) is 25.3 Å². The van der Waals surface area contributed by atoms with E-state index in [4.69, 9.17) is 18.9 Å². The Morgan fingerprint density at radius 2 is 2.08 bits per heavy atom. The molecule has 0 radical (unpaired) electrons. The lowest BCUT2D eigenvalue weighted by atomic mass is 9.97. The van der Waals surface area contributed by atoms with E-state index in [1.165, 1.54) is 4.90 Å². The zero-order valence-corrected chi connectivity index (χ0v) is 15.2. The minimum absolute atomic E-state index is 0.0121. The standard InChI is InChI=1S/C19H27NO6/c1-2-24-19(22)15-5-7-20(8-6-15)10-16(21)12-23-11-14-3-4-17-18(9-14)26-13-25-17/h3-4,9,15-16,21H,2,5-8,10-13H2,1H3/p+1/t16-/m0/s1. The maximum atomic E-state index is 11.8. The van der Waals surface area contributed by atoms with Crippen molar-refractivity contribution in [3.05, 3.63) is 23.8 Å². The number of carbonyl (C=O) groups is 1. The summed E-state index contributed by atoms with van der Waals surface area (Å²) in [6, 6.07) is 5.71. The van der Waals surface area contributed by atoms with Crippen LogP contribution in [0.2, 0.25) is 0 Å². The highest BCUT2D eigenvalue weighted by atomic mass is 16.7. The molecule has 1 aromatic carbocycles. The second kappa shape index (κ2) is 9.21. The molecule has 3 rings (SSSR count). The molecule has 0 bridgehead atoms. The lowest BCUT2D eigenvalue weighted by Crippen LogP contribution is -3.14. The first kappa shape index (κ1) is 18.9. The Labute approximate surface area is 153 Å². The van der Waals surface area contributed by atoms with E-state index in [0.29, 0.717) is 26.4 Å². The molecule has 2 aliphatic heterocycles. The van der Waals surface area contributed by atoms with Gasteiger partial charge in [0.2, 0.25) is 6.79 Å². The maximum absolute atomic E-state index is 11.8. The van der Waals surface area contributed by atoms with Gasteiger partial charge in [-0.2, -0.15) is 0 Å². The number of benzene rings is 1. The predicted octanol–water partition coefficient (Wildman–Crippen LogP) is 0.151. The Kier molecular flexibility index (Phi) is 6.71. The zero-order valence-electron chi connectivity index (χ0n) is 15.2. The Morgan fingerprint density at radius 3 is 2.85 bits per heavy atom. The van der Waals surface area contributed by atoms with Crippen LogP contribution in [-0.2, 0) is 20.9 Å². The van der Waals surface area contributed by atoms with Gasteiger partial charge in [-0.1, -0.05) is 6.07 Å². The van der Waals surface area contributed by atoms with Gasteiger partial charge < -0.3 is 29.0 Å². The lowest BCUT2D eigenvalue weighted by Gasteiger charge is -2.29. The molecule has 2 N–H and O–H groups in total. The van der Waals surface area contributed by atoms with E-state index in [1.54, 1.807) is 0 Å². The van der Waals surface area contributed by atoms with Crippen molar-refractivity contribution < 1.29 is 33.7 Å². The summed E-state index contributed by atoms with van der Waals surface area (Å²) in [5.74, 6) is 1.42. The monoisotopic (exact) mass is 366 g/mol. The Hall–Kier alpha value is -1.83. The molecular weight excluding hydrogens is 338 g/mol. The van der Waals surface area contributed by atoms with Crippen LogP contribution in [0.3, 0.4) is 0 Å². The Morgan fingerprint density at radius 1 is 1.31 bits per heavy atom. The number of aliphatic hydroxyl groups excluding tert-OH is 1. The second-order valence-electron chi connectivity index (χ2n) is 6.84. The summed E-state index contributed by atoms with van der Waals surface area (Å²) in [5.41, 5.74) is 0.990. The molecular formula is C19H28NO6+. The van der Waals surface area contributed by atoms with Gasteiger partial charge in [0, 0.05) is 12.8 Å². The third kappa shape index (κ3) is 5.09. The van der Waals surface area contributed by atoms with Crippen LogP contribution in [0, 0.1) is 5.92 Å². The minimum atomic E-state index is -0.516. The van der Waals surface area contributed by atoms with Crippen molar-refractivity contribution in [1.82, 2.24) is 0 Å². The molecule has 0 aliphatic carbocycles. The van der Waals surface area contributed by atoms with Gasteiger partial charge in [-0.25, -0.2) is 0 Å². The summed E-state index contributed by atoms with van der Waals surface area (Å²) in [6.07, 6.45) is 1.12. The first-order valence-corrected chi connectivity index (χ1v) is 9.30. The number of esters is 1. The smallest absolute Gasteiger partial charge is 0.309 e. The average Bonchev–Trinajstić information content (AvgIpc) is 3.10. The van der Waals surface area contributed by atoms with Gasteiger partial charge in [0.05, 0.1) is 38.8 Å². The van der Waals surface area contributed by atoms with Crippen LogP contribution < -0.4 is 14.4 Å². The highest BCUT2D eigenvalue weighted by molar-refractivity contribution is 5.72. The molecule has 1 aromatic rings. The number of piperidine rings is 1. The minimum Gasteiger partial charge on any atom is -0.466 e. The van der Waals surface area contributed by atoms with E-state index in [-0.39, 0.29) is 18.7 Å². The van der Waals surface area contributed by atoms with Gasteiger partial charge in [-0.15, -0.1) is 0 Å². The third-order valence-electron chi connectivity index (χ3n) is 4.85. The summed E-state index contributed by atoms with van der Waals surface area (Å²) >= 11 is 0. The fourth-order valence-electron chi connectivity index (χ4n) is 3.46. The largest absolute Gasteiger partial charge is 0.466 e. The average molecular weight is 366 g/mol. The maximum Gasteiger partial charge on any atom is 0.309 e. The highest BCUT2D eigenvalue weighted by Crippen LogP contribution is 2.32. The first-order valence-electron chi connectivity index (χ1n) is 9.30. The fourth-order valence-corrected chi connectivity index (χ4v) is 3.46. The van der Waals surface area contributed by atoms with Crippen LogP contribution in [-0.4, -0.2) is 56.8 Å². The van der Waals surface area contributed by atoms with E-state index < -0.39 is 6.10 Å². The zero-order chi connectivity index (χ0) is 18.4. The van der Waals surface area contributed by atoms with Crippen LogP contribution in [0.5, 0.6) is 11.5 Å². The van der Waals surface area contributed by atoms with Crippen molar-refractivity contribution in [2.75, 3.05) is 39.6 Å². The number of quaternary nitrogens is 1. The van der Waals surface area contributed by atoms with Gasteiger partial charge in [-0.05, 0) is 24.6 Å². The second-order valence-corrected chi connectivity index (χ2v) is 6.84. The third-order valence-corrected chi connectivity index (χ3v) is 4.85. The molecule has 1 fully saturated rings. The molecule has 0 aromatic heterocycles. The number of fused-ring (bicyclic) bond motifs is 1. The van der Waals surface area contributed by atoms with Crippen molar-refractivity contribution in [1.29, 1.82) is 0 Å². The molecule has 0 saturated carbocycles. The number of likely N-dealkylation sites (tertiary alicyclic amines) is 1. The Balaban J connectivity index is 1.33. The Bertz CT molecular complexity index is 600. The fraction of sp³-hybridized carbons (Fsp3) is 0.632. The van der Waals surface area contributed by atoms with Crippen LogP contribution in [0.4, 0.5) is 0 Å². The number of nitrogens with one attached hydrogen (secondary N) is 1. The quantitative estimate of drug-likeness (QED) is 0.638. The molecule has 144 valence electrons. The number of hydrogen-bond acceptors (Lipinski definition) is 6. The number of ether oxygens (including phenoxy) is 4. The normalized spacial score (nSPS) is 22.8. The van der Waals surface area contributed by atoms with Crippen molar-refractivity contribution in [3.63, 3.8) is 0 Å². The topological polar surface area (TPSA) is 78.7 Å². The summed E-state index contributed by atoms with van der Waals surface area (Å²) in [7, 11) is 0. The SMILES string of the molecule is CCOC(=O)C1CC[NH+](C[C@H](O)COCc2ccc3c(c2)OCO3)CC1. The number of carbonyl (C=O) groups excluding carboxylic acids is 1. The molecule has 7 heteroatoms. The first-order chi connectivity index (χ1) is 12.7. The van der Waals surface area contributed by atoms with Gasteiger partial charge in [0.1, 0.15) is 12.6 Å². The molecule has 1 saturated heterocycles. The summed E-state index contributed by atoms with van der Waals surface area (Å²) < 4.78 is 21.4. The lowest BCUT2D eigenvalue weighted by molar-refractivity contribution is -0.908. The van der Waals surface area contributed by atoms with Crippen molar-refractivity contribution in [2.24, 2.45) is 5.92 Å². The molecule has 0 amide bonds. The summed E-state index contributed by atoms with van der Waals surface area (Å²) in [6.45, 7) is 5.63. The molecule has 1 atom stereocenters. The summed E-state index contributed by atoms with van der Waals surface area (Å²) in [5, 5.41) is 10.2.